The van der Waals surface area contributed by atoms with Crippen LogP contribution in [0.4, 0.5) is 0 Å². The van der Waals surface area contributed by atoms with Crippen LogP contribution in [0.2, 0.25) is 0 Å². The van der Waals surface area contributed by atoms with Crippen molar-refractivity contribution in [1.29, 1.82) is 0 Å². The van der Waals surface area contributed by atoms with Crippen LogP contribution in [0, 0.1) is 0 Å². The molecule has 326 valence electrons. The zero-order valence-electron chi connectivity index (χ0n) is 35.3. The molecule has 0 rings (SSSR count). The Labute approximate surface area is 341 Å². The summed E-state index contributed by atoms with van der Waals surface area (Å²) in [6.07, 6.45) is 43.7. The van der Waals surface area contributed by atoms with Crippen molar-refractivity contribution in [1.82, 2.24) is 0 Å². The maximum atomic E-state index is 12.6. The number of rotatable bonds is 41. The molecule has 0 spiro atoms. The largest absolute Gasteiger partial charge is 0.472 e. The maximum absolute atomic E-state index is 12.6. The summed E-state index contributed by atoms with van der Waals surface area (Å²) in [7, 11) is -4.61. The first kappa shape index (κ1) is 53.9. The summed E-state index contributed by atoms with van der Waals surface area (Å²) in [5.41, 5.74) is 0. The number of hydrogen-bond acceptors (Lipinski definition) is 9. The Morgan fingerprint density at radius 3 is 1.48 bits per heavy atom. The fraction of sp³-hybridized carbons (Fsp3) is 0.778. The van der Waals surface area contributed by atoms with Gasteiger partial charge in [0.25, 0.3) is 0 Å². The van der Waals surface area contributed by atoms with Crippen molar-refractivity contribution in [2.45, 2.75) is 199 Å². The second-order valence-electron chi connectivity index (χ2n) is 14.7. The van der Waals surface area contributed by atoms with E-state index in [1.165, 1.54) is 77.0 Å². The molecule has 0 saturated carbocycles. The Morgan fingerprint density at radius 2 is 0.982 bits per heavy atom. The van der Waals surface area contributed by atoms with Gasteiger partial charge in [-0.05, 0) is 51.4 Å². The minimum absolute atomic E-state index is 0.179. The van der Waals surface area contributed by atoms with Gasteiger partial charge in [0.1, 0.15) is 12.7 Å². The number of phosphoric ester groups is 1. The Kier molecular flexibility index (Phi) is 39.6. The summed E-state index contributed by atoms with van der Waals surface area (Å²) in [4.78, 5) is 34.9. The molecule has 56 heavy (non-hydrogen) atoms. The highest BCUT2D eigenvalue weighted by Gasteiger charge is 2.27. The molecule has 0 saturated heterocycles. The summed E-state index contributed by atoms with van der Waals surface area (Å²) < 4.78 is 32.7. The van der Waals surface area contributed by atoms with Gasteiger partial charge >= 0.3 is 19.8 Å². The minimum Gasteiger partial charge on any atom is -0.462 e. The number of carbonyl (C=O) groups is 2. The first-order chi connectivity index (χ1) is 27.2. The predicted molar refractivity (Wildman–Crippen MR) is 228 cm³/mol. The lowest BCUT2D eigenvalue weighted by atomic mass is 10.0. The fourth-order valence-electron chi connectivity index (χ4n) is 5.87. The lowest BCUT2D eigenvalue weighted by molar-refractivity contribution is -0.161. The van der Waals surface area contributed by atoms with E-state index in [0.29, 0.717) is 12.8 Å². The van der Waals surface area contributed by atoms with E-state index in [1.54, 1.807) is 0 Å². The van der Waals surface area contributed by atoms with Crippen molar-refractivity contribution in [2.75, 3.05) is 26.4 Å². The highest BCUT2D eigenvalue weighted by molar-refractivity contribution is 7.47. The predicted octanol–water partition coefficient (Wildman–Crippen LogP) is 11.7. The molecule has 0 aliphatic carbocycles. The van der Waals surface area contributed by atoms with Gasteiger partial charge in [0.05, 0.1) is 19.8 Å². The van der Waals surface area contributed by atoms with Crippen LogP contribution in [0.1, 0.15) is 187 Å². The third kappa shape index (κ3) is 40.1. The number of ether oxygens (including phenoxy) is 2. The van der Waals surface area contributed by atoms with Gasteiger partial charge in [-0.25, -0.2) is 4.57 Å². The topological polar surface area (TPSA) is 149 Å². The summed E-state index contributed by atoms with van der Waals surface area (Å²) in [6, 6.07) is 0. The smallest absolute Gasteiger partial charge is 0.462 e. The van der Waals surface area contributed by atoms with Crippen LogP contribution in [0.5, 0.6) is 0 Å². The van der Waals surface area contributed by atoms with Crippen LogP contribution in [0.15, 0.2) is 48.6 Å². The van der Waals surface area contributed by atoms with Crippen molar-refractivity contribution < 1.29 is 47.8 Å². The van der Waals surface area contributed by atoms with Gasteiger partial charge in [-0.3, -0.25) is 18.6 Å². The molecule has 0 aliphatic rings. The van der Waals surface area contributed by atoms with E-state index in [1.807, 2.05) is 0 Å². The first-order valence-electron chi connectivity index (χ1n) is 22.1. The monoisotopic (exact) mass is 813 g/mol. The summed E-state index contributed by atoms with van der Waals surface area (Å²) in [5.74, 6) is -0.930. The number of phosphoric acid groups is 1. The van der Waals surface area contributed by atoms with Crippen molar-refractivity contribution in [3.05, 3.63) is 48.6 Å². The van der Waals surface area contributed by atoms with E-state index in [9.17, 15) is 24.2 Å². The molecule has 0 aromatic heterocycles. The Hall–Kier alpha value is -2.07. The molecule has 0 aromatic rings. The van der Waals surface area contributed by atoms with Gasteiger partial charge in [-0.1, -0.05) is 172 Å². The van der Waals surface area contributed by atoms with Crippen LogP contribution in [0.25, 0.3) is 0 Å². The zero-order chi connectivity index (χ0) is 41.2. The average molecular weight is 813 g/mol. The van der Waals surface area contributed by atoms with Crippen LogP contribution < -0.4 is 0 Å². The minimum atomic E-state index is -4.61. The molecule has 11 heteroatoms. The quantitative estimate of drug-likeness (QED) is 0.0236. The molecule has 3 N–H and O–H groups in total. The van der Waals surface area contributed by atoms with Crippen molar-refractivity contribution in [3.63, 3.8) is 0 Å². The van der Waals surface area contributed by atoms with Gasteiger partial charge in [-0.2, -0.15) is 0 Å². The van der Waals surface area contributed by atoms with Gasteiger partial charge in [0.15, 0.2) is 6.10 Å². The van der Waals surface area contributed by atoms with Gasteiger partial charge in [0.2, 0.25) is 0 Å². The number of carbonyl (C=O) groups excluding carboxylic acids is 2. The highest BCUT2D eigenvalue weighted by atomic mass is 31.2. The molecule has 0 aromatic carbocycles. The maximum Gasteiger partial charge on any atom is 0.472 e. The molecular weight excluding hydrogens is 731 g/mol. The van der Waals surface area contributed by atoms with E-state index >= 15 is 0 Å². The van der Waals surface area contributed by atoms with Crippen molar-refractivity contribution in [2.24, 2.45) is 0 Å². The van der Waals surface area contributed by atoms with Crippen LogP contribution >= 0.6 is 7.82 Å². The van der Waals surface area contributed by atoms with Gasteiger partial charge < -0.3 is 24.6 Å². The molecule has 0 bridgehead atoms. The molecule has 0 aliphatic heterocycles. The Balaban J connectivity index is 4.19. The van der Waals surface area contributed by atoms with Crippen molar-refractivity contribution >= 4 is 19.8 Å². The summed E-state index contributed by atoms with van der Waals surface area (Å²) in [6.45, 7) is 2.25. The standard InChI is InChI=1S/C45H81O10P/c1-3-5-7-9-11-13-15-16-17-18-19-20-21-22-23-24-25-26-27-29-31-33-35-37-45(49)55-43(41-54-56(50,51)53-39-42(47)38-46)40-52-44(48)36-34-32-30-28-14-12-10-8-6-4-2/h5,7,11,13,16-17,19-20,42-43,46-47H,3-4,6,8-10,12,14-15,18,21-41H2,1-2H3,(H,50,51)/b7-5-,13-11-,17-16-,20-19-. The molecule has 3 atom stereocenters. The lowest BCUT2D eigenvalue weighted by Gasteiger charge is -2.20. The number of hydrogen-bond donors (Lipinski definition) is 3. The number of unbranched alkanes of at least 4 members (excludes halogenated alkanes) is 19. The van der Waals surface area contributed by atoms with Gasteiger partial charge in [0, 0.05) is 12.8 Å². The third-order valence-corrected chi connectivity index (χ3v) is 10.2. The number of aliphatic hydroxyl groups excluding tert-OH is 2. The fourth-order valence-corrected chi connectivity index (χ4v) is 6.66. The average Bonchev–Trinajstić information content (AvgIpc) is 3.19. The SMILES string of the molecule is CC/C=C\C/C=C\C/C=C\C/C=C\CCCCCCCCCCCCC(=O)OC(COC(=O)CCCCCCCCCCCC)COP(=O)(O)OCC(O)CO. The molecule has 3 unspecified atom stereocenters. The number of aliphatic hydroxyl groups is 2. The zero-order valence-corrected chi connectivity index (χ0v) is 36.2. The van der Waals surface area contributed by atoms with E-state index in [0.717, 1.165) is 70.6 Å². The normalized spacial score (nSPS) is 14.3. The van der Waals surface area contributed by atoms with Gasteiger partial charge in [-0.15, -0.1) is 0 Å². The van der Waals surface area contributed by atoms with Crippen LogP contribution in [-0.4, -0.2) is 65.7 Å². The summed E-state index contributed by atoms with van der Waals surface area (Å²) in [5, 5.41) is 18.3. The third-order valence-electron chi connectivity index (χ3n) is 9.25. The molecule has 0 heterocycles. The van der Waals surface area contributed by atoms with Crippen LogP contribution in [0.3, 0.4) is 0 Å². The molecule has 0 amide bonds. The first-order valence-corrected chi connectivity index (χ1v) is 23.6. The molecular formula is C45H81O10P. The Bertz CT molecular complexity index is 1070. The van der Waals surface area contributed by atoms with E-state index < -0.39 is 51.8 Å². The van der Waals surface area contributed by atoms with E-state index in [2.05, 4.69) is 67.0 Å². The second-order valence-corrected chi connectivity index (χ2v) is 16.2. The van der Waals surface area contributed by atoms with Crippen LogP contribution in [-0.2, 0) is 32.7 Å². The molecule has 0 radical (unpaired) electrons. The number of esters is 2. The van der Waals surface area contributed by atoms with E-state index in [-0.39, 0.29) is 19.4 Å². The molecule has 10 nitrogen and oxygen atoms in total. The Morgan fingerprint density at radius 1 is 0.554 bits per heavy atom. The molecule has 0 fully saturated rings. The van der Waals surface area contributed by atoms with Crippen molar-refractivity contribution in [3.8, 4) is 0 Å². The second kappa shape index (κ2) is 41.1. The summed E-state index contributed by atoms with van der Waals surface area (Å²) >= 11 is 0. The van der Waals surface area contributed by atoms with E-state index in [4.69, 9.17) is 19.1 Å². The lowest BCUT2D eigenvalue weighted by Crippen LogP contribution is -2.29. The highest BCUT2D eigenvalue weighted by Crippen LogP contribution is 2.43. The number of allylic oxidation sites excluding steroid dienone is 8.